The number of allylic oxidation sites excluding steroid dienone is 1. The molecule has 0 aliphatic heterocycles. The summed E-state index contributed by atoms with van der Waals surface area (Å²) in [6, 6.07) is 8.83. The first kappa shape index (κ1) is 17.8. The first-order valence-electron chi connectivity index (χ1n) is 8.39. The number of unbranched alkanes of at least 4 members (excludes halogenated alkanes) is 3. The van der Waals surface area contributed by atoms with Crippen molar-refractivity contribution in [2.75, 3.05) is 13.2 Å². The molecule has 1 unspecified atom stereocenters. The lowest BCUT2D eigenvalue weighted by atomic mass is 10.0. The summed E-state index contributed by atoms with van der Waals surface area (Å²) in [6.45, 7) is 10.0. The minimum atomic E-state index is 0.391. The third-order valence-electron chi connectivity index (χ3n) is 3.65. The summed E-state index contributed by atoms with van der Waals surface area (Å²) >= 11 is 0. The van der Waals surface area contributed by atoms with Gasteiger partial charge in [0.25, 0.3) is 0 Å². The molecule has 0 amide bonds. The van der Waals surface area contributed by atoms with Crippen molar-refractivity contribution in [3.63, 3.8) is 0 Å². The number of para-hydroxylation sites is 1. The first-order chi connectivity index (χ1) is 10.3. The van der Waals surface area contributed by atoms with Gasteiger partial charge in [-0.2, -0.15) is 0 Å². The molecule has 1 aromatic rings. The highest BCUT2D eigenvalue weighted by Crippen LogP contribution is 2.27. The Bertz CT molecular complexity index is 389. The second-order valence-electron chi connectivity index (χ2n) is 5.44. The molecule has 0 fully saturated rings. The highest BCUT2D eigenvalue weighted by molar-refractivity contribution is 5.35. The van der Waals surface area contributed by atoms with Crippen molar-refractivity contribution in [2.24, 2.45) is 0 Å². The van der Waals surface area contributed by atoms with Gasteiger partial charge in [0, 0.05) is 11.6 Å². The average molecular weight is 289 g/mol. The maximum atomic E-state index is 6.01. The summed E-state index contributed by atoms with van der Waals surface area (Å²) in [5.41, 5.74) is 1.29. The van der Waals surface area contributed by atoms with Crippen LogP contribution in [0.2, 0.25) is 0 Å². The molecular weight excluding hydrogens is 258 g/mol. The molecule has 0 aliphatic rings. The number of hydrogen-bond acceptors (Lipinski definition) is 2. The zero-order valence-corrected chi connectivity index (χ0v) is 13.7. The zero-order chi connectivity index (χ0) is 15.3. The quantitative estimate of drug-likeness (QED) is 0.418. The fourth-order valence-corrected chi connectivity index (χ4v) is 2.44. The second-order valence-corrected chi connectivity index (χ2v) is 5.44. The molecule has 2 nitrogen and oxygen atoms in total. The van der Waals surface area contributed by atoms with E-state index < -0.39 is 0 Å². The van der Waals surface area contributed by atoms with Crippen molar-refractivity contribution < 1.29 is 4.74 Å². The average Bonchev–Trinajstić information content (AvgIpc) is 2.52. The standard InChI is InChI=1S/C19H31NO/c1-4-7-8-9-12-16-21-19-14-11-10-13-17(19)18(6-3)20-15-5-2/h4,10-11,13-14,18,20H,1,5-9,12,15-16H2,2-3H3. The Hall–Kier alpha value is -1.28. The zero-order valence-electron chi connectivity index (χ0n) is 13.7. The van der Waals surface area contributed by atoms with Gasteiger partial charge in [0.2, 0.25) is 0 Å². The van der Waals surface area contributed by atoms with Crippen LogP contribution in [0, 0.1) is 0 Å². The Morgan fingerprint density at radius 2 is 2.00 bits per heavy atom. The monoisotopic (exact) mass is 289 g/mol. The Morgan fingerprint density at radius 1 is 1.19 bits per heavy atom. The summed E-state index contributed by atoms with van der Waals surface area (Å²) < 4.78 is 6.01. The van der Waals surface area contributed by atoms with Crippen molar-refractivity contribution in [3.05, 3.63) is 42.5 Å². The molecule has 0 radical (unpaired) electrons. The molecule has 2 heteroatoms. The highest BCUT2D eigenvalue weighted by Gasteiger charge is 2.13. The van der Waals surface area contributed by atoms with E-state index >= 15 is 0 Å². The van der Waals surface area contributed by atoms with Crippen LogP contribution in [0.3, 0.4) is 0 Å². The summed E-state index contributed by atoms with van der Waals surface area (Å²) in [4.78, 5) is 0. The number of ether oxygens (including phenoxy) is 1. The van der Waals surface area contributed by atoms with E-state index in [2.05, 4.69) is 50.0 Å². The van der Waals surface area contributed by atoms with E-state index in [1.807, 2.05) is 6.08 Å². The van der Waals surface area contributed by atoms with Crippen LogP contribution in [-0.4, -0.2) is 13.2 Å². The van der Waals surface area contributed by atoms with Crippen molar-refractivity contribution in [1.82, 2.24) is 5.32 Å². The van der Waals surface area contributed by atoms with E-state index in [0.29, 0.717) is 6.04 Å². The highest BCUT2D eigenvalue weighted by atomic mass is 16.5. The van der Waals surface area contributed by atoms with Gasteiger partial charge in [-0.3, -0.25) is 0 Å². The molecule has 0 aromatic heterocycles. The number of nitrogens with one attached hydrogen (secondary N) is 1. The Morgan fingerprint density at radius 3 is 2.71 bits per heavy atom. The van der Waals surface area contributed by atoms with Crippen LogP contribution in [-0.2, 0) is 0 Å². The molecule has 1 atom stereocenters. The third-order valence-corrected chi connectivity index (χ3v) is 3.65. The van der Waals surface area contributed by atoms with E-state index in [4.69, 9.17) is 4.74 Å². The van der Waals surface area contributed by atoms with Gasteiger partial charge in [-0.15, -0.1) is 6.58 Å². The van der Waals surface area contributed by atoms with Gasteiger partial charge >= 0.3 is 0 Å². The maximum Gasteiger partial charge on any atom is 0.124 e. The maximum absolute atomic E-state index is 6.01. The molecule has 21 heavy (non-hydrogen) atoms. The largest absolute Gasteiger partial charge is 0.493 e. The molecule has 0 spiro atoms. The van der Waals surface area contributed by atoms with Crippen molar-refractivity contribution in [1.29, 1.82) is 0 Å². The first-order valence-corrected chi connectivity index (χ1v) is 8.39. The van der Waals surface area contributed by atoms with Crippen LogP contribution >= 0.6 is 0 Å². The van der Waals surface area contributed by atoms with E-state index in [0.717, 1.165) is 44.6 Å². The molecule has 1 rings (SSSR count). The molecule has 0 saturated carbocycles. The van der Waals surface area contributed by atoms with Crippen LogP contribution < -0.4 is 10.1 Å². The lowest BCUT2D eigenvalue weighted by Crippen LogP contribution is -2.22. The minimum absolute atomic E-state index is 0.391. The van der Waals surface area contributed by atoms with Crippen molar-refractivity contribution in [2.45, 2.75) is 58.4 Å². The molecule has 1 N–H and O–H groups in total. The van der Waals surface area contributed by atoms with E-state index in [9.17, 15) is 0 Å². The van der Waals surface area contributed by atoms with Gasteiger partial charge in [-0.05, 0) is 51.1 Å². The normalized spacial score (nSPS) is 12.1. The Kier molecular flexibility index (Phi) is 9.64. The van der Waals surface area contributed by atoms with Gasteiger partial charge in [0.1, 0.15) is 5.75 Å². The van der Waals surface area contributed by atoms with Gasteiger partial charge in [-0.1, -0.05) is 38.1 Å². The Balaban J connectivity index is 2.51. The minimum Gasteiger partial charge on any atom is -0.493 e. The summed E-state index contributed by atoms with van der Waals surface area (Å²) in [6.07, 6.45) is 8.87. The predicted molar refractivity (Wildman–Crippen MR) is 91.9 cm³/mol. The summed E-state index contributed by atoms with van der Waals surface area (Å²) in [5, 5.41) is 3.60. The van der Waals surface area contributed by atoms with Crippen LogP contribution in [0.15, 0.2) is 36.9 Å². The van der Waals surface area contributed by atoms with Crippen LogP contribution in [0.5, 0.6) is 5.75 Å². The number of hydrogen-bond donors (Lipinski definition) is 1. The van der Waals surface area contributed by atoms with E-state index in [-0.39, 0.29) is 0 Å². The molecular formula is C19H31NO. The predicted octanol–water partition coefficient (Wildman–Crippen LogP) is 5.26. The molecule has 118 valence electrons. The fourth-order valence-electron chi connectivity index (χ4n) is 2.44. The summed E-state index contributed by atoms with van der Waals surface area (Å²) in [7, 11) is 0. The van der Waals surface area contributed by atoms with Crippen molar-refractivity contribution >= 4 is 0 Å². The van der Waals surface area contributed by atoms with E-state index in [1.165, 1.54) is 18.4 Å². The topological polar surface area (TPSA) is 21.3 Å². The third kappa shape index (κ3) is 6.81. The van der Waals surface area contributed by atoms with Crippen LogP contribution in [0.4, 0.5) is 0 Å². The lowest BCUT2D eigenvalue weighted by molar-refractivity contribution is 0.298. The molecule has 0 saturated heterocycles. The van der Waals surface area contributed by atoms with Gasteiger partial charge in [0.05, 0.1) is 6.61 Å². The fraction of sp³-hybridized carbons (Fsp3) is 0.579. The SMILES string of the molecule is C=CCCCCCOc1ccccc1C(CC)NCCC. The number of rotatable bonds is 12. The molecule has 1 aromatic carbocycles. The number of benzene rings is 1. The molecule has 0 bridgehead atoms. The van der Waals surface area contributed by atoms with Crippen LogP contribution in [0.1, 0.15) is 64.0 Å². The van der Waals surface area contributed by atoms with Gasteiger partial charge < -0.3 is 10.1 Å². The lowest BCUT2D eigenvalue weighted by Gasteiger charge is -2.20. The van der Waals surface area contributed by atoms with Crippen molar-refractivity contribution in [3.8, 4) is 5.75 Å². The van der Waals surface area contributed by atoms with Crippen LogP contribution in [0.25, 0.3) is 0 Å². The smallest absolute Gasteiger partial charge is 0.124 e. The summed E-state index contributed by atoms with van der Waals surface area (Å²) in [5.74, 6) is 1.04. The van der Waals surface area contributed by atoms with E-state index in [1.54, 1.807) is 0 Å². The molecule has 0 aliphatic carbocycles. The van der Waals surface area contributed by atoms with Gasteiger partial charge in [0.15, 0.2) is 0 Å². The molecule has 0 heterocycles. The van der Waals surface area contributed by atoms with Gasteiger partial charge in [-0.25, -0.2) is 0 Å². The second kappa shape index (κ2) is 11.4. The Labute approximate surface area is 130 Å².